The van der Waals surface area contributed by atoms with Gasteiger partial charge in [-0.2, -0.15) is 0 Å². The smallest absolute Gasteiger partial charge is 0.300 e. The van der Waals surface area contributed by atoms with Crippen molar-refractivity contribution in [1.29, 1.82) is 0 Å². The van der Waals surface area contributed by atoms with Gasteiger partial charge in [0, 0.05) is 11.8 Å². The number of methoxy groups -OCH3 is 3. The van der Waals surface area contributed by atoms with E-state index in [0.717, 1.165) is 0 Å². The number of carbonyl (C=O) groups excluding carboxylic acids is 2. The predicted molar refractivity (Wildman–Crippen MR) is 135 cm³/mol. The number of fused-ring (bicyclic) bond motifs is 1. The standard InChI is InChI=1S/C28H25NO8/c1-33-18-10-7-16(8-11-18)25-24(26(30)23-20(34-2)5-4-6-21(23)35-3)27(31)28(32)29(25)17-9-12-19-22(15-17)37-14-13-36-19/h4-12,15,25,30H,13-14H2,1-3H3/b26-24+. The number of hydrogen-bond donors (Lipinski definition) is 1. The van der Waals surface area contributed by atoms with E-state index in [4.69, 9.17) is 23.7 Å². The number of benzene rings is 3. The van der Waals surface area contributed by atoms with E-state index in [2.05, 4.69) is 0 Å². The minimum atomic E-state index is -0.955. The average Bonchev–Trinajstić information content (AvgIpc) is 3.21. The van der Waals surface area contributed by atoms with E-state index in [-0.39, 0.29) is 22.6 Å². The Labute approximate surface area is 213 Å². The van der Waals surface area contributed by atoms with E-state index < -0.39 is 23.5 Å². The first-order chi connectivity index (χ1) is 18.0. The van der Waals surface area contributed by atoms with Crippen LogP contribution >= 0.6 is 0 Å². The number of ether oxygens (including phenoxy) is 5. The maximum absolute atomic E-state index is 13.5. The number of Topliss-reactive ketones (excluding diaryl/α,β-unsaturated/α-hetero) is 1. The largest absolute Gasteiger partial charge is 0.506 e. The second-order valence-electron chi connectivity index (χ2n) is 8.31. The quantitative estimate of drug-likeness (QED) is 0.305. The number of carbonyl (C=O) groups is 2. The first kappa shape index (κ1) is 24.1. The lowest BCUT2D eigenvalue weighted by Gasteiger charge is -2.27. The molecule has 9 heteroatoms. The van der Waals surface area contributed by atoms with Crippen molar-refractivity contribution in [3.63, 3.8) is 0 Å². The zero-order valence-corrected chi connectivity index (χ0v) is 20.5. The zero-order chi connectivity index (χ0) is 26.1. The van der Waals surface area contributed by atoms with Gasteiger partial charge in [-0.15, -0.1) is 0 Å². The number of aliphatic hydroxyl groups excluding tert-OH is 1. The van der Waals surface area contributed by atoms with Crippen molar-refractivity contribution in [3.8, 4) is 28.7 Å². The Balaban J connectivity index is 1.74. The van der Waals surface area contributed by atoms with E-state index in [1.165, 1.54) is 19.1 Å². The van der Waals surface area contributed by atoms with E-state index in [0.29, 0.717) is 41.7 Å². The Bertz CT molecular complexity index is 1370. The molecular formula is C28H25NO8. The molecule has 1 amide bonds. The minimum Gasteiger partial charge on any atom is -0.506 e. The van der Waals surface area contributed by atoms with Crippen LogP contribution < -0.4 is 28.6 Å². The van der Waals surface area contributed by atoms with Crippen LogP contribution in [-0.2, 0) is 9.59 Å². The third kappa shape index (κ3) is 4.08. The van der Waals surface area contributed by atoms with Gasteiger partial charge >= 0.3 is 0 Å². The fraction of sp³-hybridized carbons (Fsp3) is 0.214. The molecule has 2 aliphatic rings. The molecule has 5 rings (SSSR count). The van der Waals surface area contributed by atoms with Crippen LogP contribution in [0, 0.1) is 0 Å². The molecule has 1 N–H and O–H groups in total. The zero-order valence-electron chi connectivity index (χ0n) is 20.5. The van der Waals surface area contributed by atoms with E-state index in [1.807, 2.05) is 0 Å². The van der Waals surface area contributed by atoms with Gasteiger partial charge in [0.1, 0.15) is 41.8 Å². The lowest BCUT2D eigenvalue weighted by atomic mass is 9.94. The summed E-state index contributed by atoms with van der Waals surface area (Å²) in [7, 11) is 4.44. The number of rotatable bonds is 6. The topological polar surface area (TPSA) is 104 Å². The summed E-state index contributed by atoms with van der Waals surface area (Å²) in [5.41, 5.74) is 1.07. The summed E-state index contributed by atoms with van der Waals surface area (Å²) in [6.45, 7) is 0.786. The normalized spacial score (nSPS) is 18.0. The van der Waals surface area contributed by atoms with Crippen LogP contribution in [0.5, 0.6) is 28.7 Å². The molecule has 1 unspecified atom stereocenters. The summed E-state index contributed by atoms with van der Waals surface area (Å²) in [6.07, 6.45) is 0. The van der Waals surface area contributed by atoms with Crippen molar-refractivity contribution in [3.05, 3.63) is 77.4 Å². The average molecular weight is 504 g/mol. The molecule has 9 nitrogen and oxygen atoms in total. The van der Waals surface area contributed by atoms with Gasteiger partial charge in [-0.25, -0.2) is 0 Å². The minimum absolute atomic E-state index is 0.104. The number of ketones is 1. The van der Waals surface area contributed by atoms with Crippen molar-refractivity contribution in [2.24, 2.45) is 0 Å². The van der Waals surface area contributed by atoms with Crippen molar-refractivity contribution in [1.82, 2.24) is 0 Å². The van der Waals surface area contributed by atoms with Crippen LogP contribution in [0.2, 0.25) is 0 Å². The molecular weight excluding hydrogens is 478 g/mol. The van der Waals surface area contributed by atoms with Crippen molar-refractivity contribution in [2.75, 3.05) is 39.4 Å². The Morgan fingerprint density at radius 1 is 0.865 bits per heavy atom. The highest BCUT2D eigenvalue weighted by Gasteiger charge is 2.47. The van der Waals surface area contributed by atoms with Crippen LogP contribution in [0.25, 0.3) is 5.76 Å². The summed E-state index contributed by atoms with van der Waals surface area (Å²) in [5.74, 6) is 0.137. The van der Waals surface area contributed by atoms with Gasteiger partial charge in [0.25, 0.3) is 11.7 Å². The highest BCUT2D eigenvalue weighted by Crippen LogP contribution is 2.46. The summed E-state index contributed by atoms with van der Waals surface area (Å²) in [6, 6.07) is 16.0. The first-order valence-corrected chi connectivity index (χ1v) is 11.5. The SMILES string of the molecule is COc1ccc(C2/C(=C(\O)c3c(OC)cccc3OC)C(=O)C(=O)N2c2ccc3c(c2)OCCO3)cc1. The highest BCUT2D eigenvalue weighted by atomic mass is 16.6. The Hall–Kier alpha value is -4.66. The first-order valence-electron chi connectivity index (χ1n) is 11.5. The molecule has 190 valence electrons. The molecule has 3 aromatic rings. The molecule has 0 aromatic heterocycles. The summed E-state index contributed by atoms with van der Waals surface area (Å²) >= 11 is 0. The second kappa shape index (κ2) is 9.77. The third-order valence-electron chi connectivity index (χ3n) is 6.34. The van der Waals surface area contributed by atoms with Crippen molar-refractivity contribution < 1.29 is 38.4 Å². The molecule has 3 aromatic carbocycles. The highest BCUT2D eigenvalue weighted by molar-refractivity contribution is 6.51. The number of anilines is 1. The predicted octanol–water partition coefficient (Wildman–Crippen LogP) is 4.11. The maximum atomic E-state index is 13.5. The molecule has 1 atom stereocenters. The summed E-state index contributed by atoms with van der Waals surface area (Å²) < 4.78 is 27.5. The van der Waals surface area contributed by atoms with E-state index >= 15 is 0 Å². The van der Waals surface area contributed by atoms with E-state index in [1.54, 1.807) is 67.8 Å². The van der Waals surface area contributed by atoms with Crippen LogP contribution in [0.4, 0.5) is 5.69 Å². The van der Waals surface area contributed by atoms with Gasteiger partial charge in [-0.05, 0) is 42.0 Å². The number of amides is 1. The van der Waals surface area contributed by atoms with Crippen LogP contribution in [0.1, 0.15) is 17.2 Å². The van der Waals surface area contributed by atoms with Crippen molar-refractivity contribution >= 4 is 23.1 Å². The summed E-state index contributed by atoms with van der Waals surface area (Å²) in [5, 5.41) is 11.6. The third-order valence-corrected chi connectivity index (χ3v) is 6.34. The molecule has 0 radical (unpaired) electrons. The molecule has 1 fully saturated rings. The number of nitrogens with zero attached hydrogens (tertiary/aromatic N) is 1. The number of hydrogen-bond acceptors (Lipinski definition) is 8. The molecule has 2 heterocycles. The Kier molecular flexibility index (Phi) is 6.35. The second-order valence-corrected chi connectivity index (χ2v) is 8.31. The van der Waals surface area contributed by atoms with Gasteiger partial charge < -0.3 is 28.8 Å². The molecule has 0 saturated carbocycles. The lowest BCUT2D eigenvalue weighted by molar-refractivity contribution is -0.132. The van der Waals surface area contributed by atoms with Crippen LogP contribution in [0.3, 0.4) is 0 Å². The van der Waals surface area contributed by atoms with Gasteiger partial charge in [-0.3, -0.25) is 14.5 Å². The molecule has 0 spiro atoms. The van der Waals surface area contributed by atoms with E-state index in [9.17, 15) is 14.7 Å². The molecule has 2 aliphatic heterocycles. The van der Waals surface area contributed by atoms with Crippen LogP contribution in [-0.4, -0.2) is 51.3 Å². The van der Waals surface area contributed by atoms with Crippen molar-refractivity contribution in [2.45, 2.75) is 6.04 Å². The van der Waals surface area contributed by atoms with Crippen LogP contribution in [0.15, 0.2) is 66.2 Å². The fourth-order valence-corrected chi connectivity index (χ4v) is 4.60. The van der Waals surface area contributed by atoms with Gasteiger partial charge in [0.2, 0.25) is 0 Å². The Morgan fingerprint density at radius 2 is 1.51 bits per heavy atom. The Morgan fingerprint density at radius 3 is 2.14 bits per heavy atom. The van der Waals surface area contributed by atoms with Gasteiger partial charge in [0.05, 0.1) is 32.9 Å². The van der Waals surface area contributed by atoms with Gasteiger partial charge in [0.15, 0.2) is 11.5 Å². The maximum Gasteiger partial charge on any atom is 0.300 e. The fourth-order valence-electron chi connectivity index (χ4n) is 4.60. The molecule has 1 saturated heterocycles. The molecule has 0 aliphatic carbocycles. The molecule has 37 heavy (non-hydrogen) atoms. The summed E-state index contributed by atoms with van der Waals surface area (Å²) in [4.78, 5) is 28.4. The lowest BCUT2D eigenvalue weighted by Crippen LogP contribution is -2.29. The van der Waals surface area contributed by atoms with Gasteiger partial charge in [-0.1, -0.05) is 18.2 Å². The number of aliphatic hydroxyl groups is 1. The molecule has 0 bridgehead atoms. The monoisotopic (exact) mass is 503 g/mol.